The number of amides is 1. The van der Waals surface area contributed by atoms with Crippen LogP contribution in [0.4, 0.5) is 11.4 Å². The number of ether oxygens (including phenoxy) is 1. The number of anilines is 2. The van der Waals surface area contributed by atoms with Crippen LogP contribution in [-0.2, 0) is 34.2 Å². The van der Waals surface area contributed by atoms with Gasteiger partial charge in [0.2, 0.25) is 5.91 Å². The fraction of sp³-hybridized carbons (Fsp3) is 0.345. The number of nitrogens with zero attached hydrogens (tertiary/aromatic N) is 3. The van der Waals surface area contributed by atoms with Crippen LogP contribution in [0.25, 0.3) is 0 Å². The first kappa shape index (κ1) is 27.3. The van der Waals surface area contributed by atoms with Crippen molar-refractivity contribution in [3.05, 3.63) is 82.4 Å². The van der Waals surface area contributed by atoms with Crippen molar-refractivity contribution in [1.29, 1.82) is 0 Å². The molecule has 10 heteroatoms. The second-order valence-electron chi connectivity index (χ2n) is 10.0. The number of benzene rings is 3. The quantitative estimate of drug-likeness (QED) is 0.463. The van der Waals surface area contributed by atoms with Gasteiger partial charge in [0, 0.05) is 66.8 Å². The maximum absolute atomic E-state index is 13.3. The van der Waals surface area contributed by atoms with E-state index in [4.69, 9.17) is 16.3 Å². The van der Waals surface area contributed by atoms with Crippen molar-refractivity contribution in [2.75, 3.05) is 56.5 Å². The molecule has 1 saturated heterocycles. The van der Waals surface area contributed by atoms with Gasteiger partial charge in [-0.05, 0) is 67.6 Å². The number of carbonyl (C=O) groups is 1. The summed E-state index contributed by atoms with van der Waals surface area (Å²) in [5.74, 6) is 0.925. The number of hydrogen-bond donors (Lipinski definition) is 1. The van der Waals surface area contributed by atoms with Crippen molar-refractivity contribution in [1.82, 2.24) is 9.80 Å². The minimum absolute atomic E-state index is 0.0438. The van der Waals surface area contributed by atoms with E-state index in [0.717, 1.165) is 43.9 Å². The Balaban J connectivity index is 1.27. The number of carbonyl (C=O) groups excluding carboxylic acids is 1. The second kappa shape index (κ2) is 11.5. The molecule has 0 saturated carbocycles. The topological polar surface area (TPSA) is 82.2 Å². The first-order valence-corrected chi connectivity index (χ1v) is 14.9. The van der Waals surface area contributed by atoms with Gasteiger partial charge in [-0.1, -0.05) is 23.7 Å². The summed E-state index contributed by atoms with van der Waals surface area (Å²) in [5, 5.41) is 0.467. The molecule has 0 bridgehead atoms. The van der Waals surface area contributed by atoms with E-state index in [1.165, 1.54) is 41.1 Å². The van der Waals surface area contributed by atoms with Crippen molar-refractivity contribution in [2.24, 2.45) is 0 Å². The molecule has 5 rings (SSSR count). The Morgan fingerprint density at radius 1 is 0.923 bits per heavy atom. The van der Waals surface area contributed by atoms with Crippen LogP contribution in [0, 0.1) is 0 Å². The lowest BCUT2D eigenvalue weighted by molar-refractivity contribution is -0.131. The number of methoxy groups -OCH3 is 1. The molecule has 1 fully saturated rings. The normalized spacial score (nSPS) is 16.1. The highest BCUT2D eigenvalue weighted by Crippen LogP contribution is 2.36. The van der Waals surface area contributed by atoms with Crippen LogP contribution < -0.4 is 14.4 Å². The van der Waals surface area contributed by atoms with Crippen LogP contribution in [0.2, 0.25) is 5.02 Å². The number of halogens is 1. The fourth-order valence-electron chi connectivity index (χ4n) is 5.18. The van der Waals surface area contributed by atoms with E-state index >= 15 is 0 Å². The molecule has 0 unspecified atom stereocenters. The van der Waals surface area contributed by atoms with Gasteiger partial charge in [0.25, 0.3) is 10.0 Å². The van der Waals surface area contributed by atoms with Gasteiger partial charge in [0.05, 0.1) is 18.4 Å². The molecule has 2 aliphatic heterocycles. The smallest absolute Gasteiger partial charge is 0.261 e. The first-order valence-electron chi connectivity index (χ1n) is 13.0. The summed E-state index contributed by atoms with van der Waals surface area (Å²) < 4.78 is 33.5. The van der Waals surface area contributed by atoms with Crippen LogP contribution in [0.15, 0.2) is 65.6 Å². The van der Waals surface area contributed by atoms with Gasteiger partial charge >= 0.3 is 0 Å². The van der Waals surface area contributed by atoms with Crippen molar-refractivity contribution >= 4 is 38.9 Å². The molecular weight excluding hydrogens is 536 g/mol. The Labute approximate surface area is 235 Å². The summed E-state index contributed by atoms with van der Waals surface area (Å²) in [6.45, 7) is 5.11. The maximum atomic E-state index is 13.3. The molecule has 1 N–H and O–H groups in total. The summed E-state index contributed by atoms with van der Waals surface area (Å²) >= 11 is 5.87. The number of nitrogens with one attached hydrogen (secondary N) is 1. The third-order valence-corrected chi connectivity index (χ3v) is 9.10. The lowest BCUT2D eigenvalue weighted by Crippen LogP contribution is -2.45. The van der Waals surface area contributed by atoms with Crippen LogP contribution in [0.3, 0.4) is 0 Å². The lowest BCUT2D eigenvalue weighted by Gasteiger charge is -2.38. The first-order chi connectivity index (χ1) is 18.7. The predicted octanol–water partition coefficient (Wildman–Crippen LogP) is 4.03. The number of likely N-dealkylation sites (N-methyl/N-ethyl adjacent to an activating group) is 1. The highest BCUT2D eigenvalue weighted by Gasteiger charge is 2.28. The Bertz CT molecular complexity index is 1440. The largest absolute Gasteiger partial charge is 0.496 e. The number of piperazine rings is 1. The van der Waals surface area contributed by atoms with Gasteiger partial charge in [-0.3, -0.25) is 9.52 Å². The maximum Gasteiger partial charge on any atom is 0.261 e. The zero-order valence-corrected chi connectivity index (χ0v) is 23.8. The van der Waals surface area contributed by atoms with Crippen LogP contribution in [0.5, 0.6) is 5.75 Å². The Morgan fingerprint density at radius 2 is 1.62 bits per heavy atom. The summed E-state index contributed by atoms with van der Waals surface area (Å²) in [4.78, 5) is 20.1. The van der Waals surface area contributed by atoms with E-state index in [-0.39, 0.29) is 17.2 Å². The summed E-state index contributed by atoms with van der Waals surface area (Å²) in [6.07, 6.45) is 0.991. The number of rotatable bonds is 7. The van der Waals surface area contributed by atoms with Crippen molar-refractivity contribution in [3.8, 4) is 5.75 Å². The molecule has 0 aliphatic carbocycles. The molecule has 2 heterocycles. The van der Waals surface area contributed by atoms with Crippen molar-refractivity contribution < 1.29 is 17.9 Å². The van der Waals surface area contributed by atoms with E-state index in [0.29, 0.717) is 23.8 Å². The molecule has 2 aliphatic rings. The highest BCUT2D eigenvalue weighted by molar-refractivity contribution is 7.92. The van der Waals surface area contributed by atoms with E-state index < -0.39 is 10.0 Å². The molecule has 0 radical (unpaired) electrons. The van der Waals surface area contributed by atoms with E-state index in [1.54, 1.807) is 31.4 Å². The van der Waals surface area contributed by atoms with Crippen LogP contribution in [0.1, 0.15) is 16.7 Å². The average molecular weight is 569 g/mol. The highest BCUT2D eigenvalue weighted by atomic mass is 35.5. The fourth-order valence-corrected chi connectivity index (χ4v) is 6.36. The molecule has 3 aromatic carbocycles. The standard InChI is InChI=1S/C29H33ClN4O4S/c1-32-15-17-33(18-16-32)27-11-12-28(38-2)25-13-14-34(20-26(25)27)29(35)19-21-3-7-23(8-4-21)31-39(36,37)24-9-5-22(30)6-10-24/h3-12,31H,13-20H2,1-2H3. The molecule has 3 aromatic rings. The number of hydrogen-bond acceptors (Lipinski definition) is 6. The van der Waals surface area contributed by atoms with Gasteiger partial charge in [-0.25, -0.2) is 8.42 Å². The van der Waals surface area contributed by atoms with Gasteiger partial charge in [-0.2, -0.15) is 0 Å². The molecule has 0 aromatic heterocycles. The third kappa shape index (κ3) is 6.16. The Morgan fingerprint density at radius 3 is 2.28 bits per heavy atom. The molecule has 206 valence electrons. The van der Waals surface area contributed by atoms with Gasteiger partial charge in [0.15, 0.2) is 0 Å². The minimum Gasteiger partial charge on any atom is -0.496 e. The van der Waals surface area contributed by atoms with E-state index in [9.17, 15) is 13.2 Å². The summed E-state index contributed by atoms with van der Waals surface area (Å²) in [7, 11) is 0.103. The predicted molar refractivity (Wildman–Crippen MR) is 154 cm³/mol. The monoisotopic (exact) mass is 568 g/mol. The molecule has 1 amide bonds. The zero-order chi connectivity index (χ0) is 27.6. The Hall–Kier alpha value is -3.27. The van der Waals surface area contributed by atoms with Gasteiger partial charge < -0.3 is 19.4 Å². The lowest BCUT2D eigenvalue weighted by atomic mass is 9.95. The van der Waals surface area contributed by atoms with Gasteiger partial charge in [-0.15, -0.1) is 0 Å². The molecular formula is C29H33ClN4O4S. The molecule has 0 spiro atoms. The van der Waals surface area contributed by atoms with Gasteiger partial charge in [0.1, 0.15) is 5.75 Å². The summed E-state index contributed by atoms with van der Waals surface area (Å²) in [6, 6.07) is 17.1. The molecule has 8 nitrogen and oxygen atoms in total. The number of sulfonamides is 1. The SMILES string of the molecule is COc1ccc(N2CCN(C)CC2)c2c1CCN(C(=O)Cc1ccc(NS(=O)(=O)c3ccc(Cl)cc3)cc1)C2. The third-order valence-electron chi connectivity index (χ3n) is 7.45. The average Bonchev–Trinajstić information content (AvgIpc) is 2.94. The van der Waals surface area contributed by atoms with Crippen molar-refractivity contribution in [2.45, 2.75) is 24.3 Å². The van der Waals surface area contributed by atoms with E-state index in [2.05, 4.69) is 27.6 Å². The molecule has 0 atom stereocenters. The minimum atomic E-state index is -3.73. The summed E-state index contributed by atoms with van der Waals surface area (Å²) in [5.41, 5.74) is 4.80. The number of fused-ring (bicyclic) bond motifs is 1. The molecule has 39 heavy (non-hydrogen) atoms. The van der Waals surface area contributed by atoms with Crippen LogP contribution >= 0.6 is 11.6 Å². The van der Waals surface area contributed by atoms with Crippen molar-refractivity contribution in [3.63, 3.8) is 0 Å². The second-order valence-corrected chi connectivity index (χ2v) is 12.2. The zero-order valence-electron chi connectivity index (χ0n) is 22.2. The van der Waals surface area contributed by atoms with Crippen LogP contribution in [-0.4, -0.2) is 71.0 Å². The van der Waals surface area contributed by atoms with E-state index in [1.807, 2.05) is 11.0 Å². The Kier molecular flexibility index (Phi) is 8.02.